The average Bonchev–Trinajstić information content (AvgIpc) is 3.46. The summed E-state index contributed by atoms with van der Waals surface area (Å²) in [6.07, 6.45) is 7.39. The summed E-state index contributed by atoms with van der Waals surface area (Å²) in [4.78, 5) is 35.2. The number of hydrogen-bond acceptors (Lipinski definition) is 9. The van der Waals surface area contributed by atoms with E-state index in [-0.39, 0.29) is 25.5 Å². The minimum atomic E-state index is -0.684. The maximum Gasteiger partial charge on any atom is 0.411 e. The summed E-state index contributed by atoms with van der Waals surface area (Å²) in [6.45, 7) is 2.06. The number of allylic oxidation sites excluding steroid dienone is 1. The van der Waals surface area contributed by atoms with Gasteiger partial charge in [0.15, 0.2) is 0 Å². The van der Waals surface area contributed by atoms with Gasteiger partial charge in [-0.1, -0.05) is 23.7 Å². The molecule has 0 aliphatic carbocycles. The molecule has 3 aromatic rings. The number of carbonyl (C=O) groups is 3. The van der Waals surface area contributed by atoms with E-state index in [1.54, 1.807) is 42.6 Å². The molecule has 1 aliphatic heterocycles. The smallest absolute Gasteiger partial charge is 0.411 e. The van der Waals surface area contributed by atoms with E-state index >= 15 is 0 Å². The van der Waals surface area contributed by atoms with Gasteiger partial charge in [0, 0.05) is 34.5 Å². The third-order valence-electron chi connectivity index (χ3n) is 5.67. The van der Waals surface area contributed by atoms with Crippen molar-refractivity contribution < 1.29 is 19.1 Å². The zero-order chi connectivity index (χ0) is 28.5. The van der Waals surface area contributed by atoms with Gasteiger partial charge in [0.25, 0.3) is 0 Å². The van der Waals surface area contributed by atoms with Gasteiger partial charge in [0.05, 0.1) is 23.9 Å². The molecular weight excluding hydrogens is 538 g/mol. The molecule has 0 bridgehead atoms. The third kappa shape index (κ3) is 7.74. The number of carbonyl (C=O) groups excluding carboxylic acids is 3. The number of nitrogens with one attached hydrogen (secondary N) is 3. The monoisotopic (exact) mass is 563 g/mol. The number of primary amides is 1. The van der Waals surface area contributed by atoms with Crippen LogP contribution in [0, 0.1) is 0 Å². The van der Waals surface area contributed by atoms with E-state index < -0.39 is 17.5 Å². The number of hydrogen-bond donors (Lipinski definition) is 4. The number of anilines is 1. The predicted molar refractivity (Wildman–Crippen MR) is 149 cm³/mol. The molecule has 1 unspecified atom stereocenters. The van der Waals surface area contributed by atoms with Crippen LogP contribution >= 0.6 is 11.6 Å². The number of amides is 3. The maximum absolute atomic E-state index is 12.6. The molecule has 0 saturated heterocycles. The van der Waals surface area contributed by atoms with Gasteiger partial charge in [-0.25, -0.2) is 4.79 Å². The molecule has 3 amide bonds. The zero-order valence-electron chi connectivity index (χ0n) is 21.4. The lowest BCUT2D eigenvalue weighted by atomic mass is 9.94. The topological polar surface area (TPSA) is 179 Å². The number of halogens is 1. The van der Waals surface area contributed by atoms with Crippen molar-refractivity contribution in [1.29, 1.82) is 0 Å². The molecule has 14 heteroatoms. The van der Waals surface area contributed by atoms with E-state index in [1.807, 2.05) is 25.1 Å². The van der Waals surface area contributed by atoms with Crippen molar-refractivity contribution in [3.8, 4) is 5.69 Å². The van der Waals surface area contributed by atoms with Crippen molar-refractivity contribution in [2.24, 2.45) is 10.8 Å². The fraction of sp³-hybridized carbons (Fsp3) is 0.192. The van der Waals surface area contributed by atoms with Crippen molar-refractivity contribution in [1.82, 2.24) is 30.9 Å². The van der Waals surface area contributed by atoms with E-state index in [0.29, 0.717) is 22.0 Å². The van der Waals surface area contributed by atoms with Crippen LogP contribution in [0.5, 0.6) is 0 Å². The molecule has 1 aromatic heterocycles. The highest BCUT2D eigenvalue weighted by atomic mass is 35.5. The number of rotatable bonds is 10. The Morgan fingerprint density at radius 1 is 1.20 bits per heavy atom. The van der Waals surface area contributed by atoms with E-state index in [2.05, 4.69) is 36.7 Å². The molecule has 2 aromatic carbocycles. The number of nitrogens with two attached hydrogens (primary N) is 1. The molecule has 13 nitrogen and oxygen atoms in total. The van der Waals surface area contributed by atoms with Gasteiger partial charge < -0.3 is 15.8 Å². The number of ether oxygens (including phenoxy) is 1. The molecule has 1 aliphatic rings. The summed E-state index contributed by atoms with van der Waals surface area (Å²) < 4.78 is 6.38. The molecule has 40 heavy (non-hydrogen) atoms. The highest BCUT2D eigenvalue weighted by Crippen LogP contribution is 2.23. The maximum atomic E-state index is 12.6. The second kappa shape index (κ2) is 12.7. The molecule has 206 valence electrons. The van der Waals surface area contributed by atoms with Crippen LogP contribution in [0.3, 0.4) is 0 Å². The first-order valence-corrected chi connectivity index (χ1v) is 12.4. The number of hydrazone groups is 1. The minimum Gasteiger partial charge on any atom is -0.449 e. The number of nitrogens with zero attached hydrogens (tertiary/aromatic N) is 5. The van der Waals surface area contributed by atoms with Gasteiger partial charge in [-0.05, 0) is 65.4 Å². The molecule has 5 N–H and O–H groups in total. The van der Waals surface area contributed by atoms with Crippen LogP contribution in [0.1, 0.15) is 24.5 Å². The molecule has 0 spiro atoms. The average molecular weight is 564 g/mol. The Balaban J connectivity index is 1.35. The van der Waals surface area contributed by atoms with Crippen molar-refractivity contribution in [2.45, 2.75) is 18.9 Å². The molecular formula is C26H26ClN9O4. The molecule has 0 radical (unpaired) electrons. The van der Waals surface area contributed by atoms with Crippen LogP contribution in [-0.2, 0) is 14.3 Å². The van der Waals surface area contributed by atoms with Crippen LogP contribution in [0.25, 0.3) is 17.3 Å². The van der Waals surface area contributed by atoms with E-state index in [4.69, 9.17) is 22.1 Å². The number of tetrazole rings is 1. The first kappa shape index (κ1) is 28.0. The van der Waals surface area contributed by atoms with Gasteiger partial charge in [0.2, 0.25) is 11.8 Å². The summed E-state index contributed by atoms with van der Waals surface area (Å²) in [5.41, 5.74) is 10.9. The predicted octanol–water partition coefficient (Wildman–Crippen LogP) is 2.30. The fourth-order valence-electron chi connectivity index (χ4n) is 3.69. The summed E-state index contributed by atoms with van der Waals surface area (Å²) >= 11 is 6.14. The lowest BCUT2D eigenvalue weighted by Gasteiger charge is -2.29. The Morgan fingerprint density at radius 3 is 2.73 bits per heavy atom. The third-order valence-corrected chi connectivity index (χ3v) is 5.91. The molecule has 4 rings (SSSR count). The quantitative estimate of drug-likeness (QED) is 0.271. The Labute approximate surface area is 234 Å². The standard InChI is InChI=1S/C26H26ClN9O4/c1-26(15-29-24(38)9-4-18-12-20(27)5-8-22(18)36-16-31-34-35-36)13-19(14-30-33-26)17-2-6-21(7-3-17)32-25(39)40-11-10-23(28)37/h2-9,12-14,16,33H,10-11,15H2,1H3,(H2,28,37)(H,29,38)(H,32,39)/b9-4+. The molecule has 0 fully saturated rings. The molecule has 1 atom stereocenters. The van der Waals surface area contributed by atoms with Crippen LogP contribution < -0.4 is 21.8 Å². The summed E-state index contributed by atoms with van der Waals surface area (Å²) in [6, 6.07) is 12.2. The fourth-order valence-corrected chi connectivity index (χ4v) is 3.87. The second-order valence-electron chi connectivity index (χ2n) is 8.95. The van der Waals surface area contributed by atoms with Crippen molar-refractivity contribution in [2.75, 3.05) is 18.5 Å². The first-order chi connectivity index (χ1) is 19.2. The summed E-state index contributed by atoms with van der Waals surface area (Å²) in [5, 5.41) is 21.4. The number of aromatic nitrogens is 4. The zero-order valence-corrected chi connectivity index (χ0v) is 22.1. The van der Waals surface area contributed by atoms with Crippen molar-refractivity contribution in [3.63, 3.8) is 0 Å². The van der Waals surface area contributed by atoms with Crippen LogP contribution in [-0.4, -0.2) is 63.0 Å². The van der Waals surface area contributed by atoms with Gasteiger partial charge >= 0.3 is 6.09 Å². The van der Waals surface area contributed by atoms with Crippen LogP contribution in [0.15, 0.2) is 66.0 Å². The van der Waals surface area contributed by atoms with Gasteiger partial charge in [-0.3, -0.25) is 20.3 Å². The molecule has 0 saturated carbocycles. The van der Waals surface area contributed by atoms with Gasteiger partial charge in [0.1, 0.15) is 12.9 Å². The highest BCUT2D eigenvalue weighted by molar-refractivity contribution is 6.30. The van der Waals surface area contributed by atoms with Crippen molar-refractivity contribution in [3.05, 3.63) is 77.1 Å². The Kier molecular flexibility index (Phi) is 8.86. The Bertz CT molecular complexity index is 1470. The second-order valence-corrected chi connectivity index (χ2v) is 9.39. The lowest BCUT2D eigenvalue weighted by molar-refractivity contribution is -0.118. The lowest BCUT2D eigenvalue weighted by Crippen LogP contribution is -2.49. The van der Waals surface area contributed by atoms with Crippen LogP contribution in [0.4, 0.5) is 10.5 Å². The Hall–Kier alpha value is -5.04. The van der Waals surface area contributed by atoms with E-state index in [0.717, 1.165) is 11.1 Å². The Morgan fingerprint density at radius 2 is 2.00 bits per heavy atom. The van der Waals surface area contributed by atoms with Crippen LogP contribution in [0.2, 0.25) is 5.02 Å². The SMILES string of the molecule is CC1(CNC(=O)/C=C/c2cc(Cl)ccc2-n2cnnn2)C=C(c2ccc(NC(=O)OCCC(N)=O)cc2)C=NN1. The van der Waals surface area contributed by atoms with E-state index in [1.165, 1.54) is 17.1 Å². The normalized spacial score (nSPS) is 16.2. The van der Waals surface area contributed by atoms with E-state index in [9.17, 15) is 14.4 Å². The summed E-state index contributed by atoms with van der Waals surface area (Å²) in [7, 11) is 0. The first-order valence-electron chi connectivity index (χ1n) is 12.1. The number of benzene rings is 2. The summed E-state index contributed by atoms with van der Waals surface area (Å²) in [5.74, 6) is -0.862. The molecule has 2 heterocycles. The minimum absolute atomic E-state index is 0.0475. The van der Waals surface area contributed by atoms with Gasteiger partial charge in [-0.15, -0.1) is 5.10 Å². The van der Waals surface area contributed by atoms with Crippen molar-refractivity contribution >= 4 is 53.1 Å². The van der Waals surface area contributed by atoms with Gasteiger partial charge in [-0.2, -0.15) is 9.78 Å². The highest BCUT2D eigenvalue weighted by Gasteiger charge is 2.25. The largest absolute Gasteiger partial charge is 0.449 e.